The van der Waals surface area contributed by atoms with Crippen molar-refractivity contribution in [3.8, 4) is 5.69 Å². The van der Waals surface area contributed by atoms with Gasteiger partial charge in [-0.2, -0.15) is 0 Å². The largest absolute Gasteiger partial charge is 0.393 e. The van der Waals surface area contributed by atoms with Crippen molar-refractivity contribution in [3.05, 3.63) is 44.8 Å². The summed E-state index contributed by atoms with van der Waals surface area (Å²) in [6.45, 7) is 3.74. The fourth-order valence-electron chi connectivity index (χ4n) is 1.81. The van der Waals surface area contributed by atoms with Gasteiger partial charge in [-0.3, -0.25) is 9.48 Å². The lowest BCUT2D eigenvalue weighted by Crippen LogP contribution is -2.21. The van der Waals surface area contributed by atoms with Crippen molar-refractivity contribution in [2.45, 2.75) is 13.8 Å². The molecule has 0 bridgehead atoms. The number of nitrogen functional groups attached to an aromatic ring is 1. The molecule has 1 aromatic carbocycles. The summed E-state index contributed by atoms with van der Waals surface area (Å²) in [5, 5.41) is 0.593. The van der Waals surface area contributed by atoms with Gasteiger partial charge < -0.3 is 5.73 Å². The number of aryl methyl sites for hydroxylation is 1. The fraction of sp³-hybridized carbons (Fsp3) is 0.250. The summed E-state index contributed by atoms with van der Waals surface area (Å²) in [5.74, 6) is 0. The zero-order valence-electron chi connectivity index (χ0n) is 9.99. The summed E-state index contributed by atoms with van der Waals surface area (Å²) in [5.41, 5.74) is 8.27. The molecule has 0 atom stereocenters. The van der Waals surface area contributed by atoms with E-state index in [0.717, 1.165) is 16.9 Å². The molecule has 0 saturated carbocycles. The van der Waals surface area contributed by atoms with Crippen LogP contribution in [0.2, 0.25) is 5.02 Å². The van der Waals surface area contributed by atoms with Crippen LogP contribution >= 0.6 is 11.6 Å². The Morgan fingerprint density at radius 3 is 2.47 bits per heavy atom. The molecule has 0 unspecified atom stereocenters. The van der Waals surface area contributed by atoms with E-state index in [0.29, 0.717) is 5.02 Å². The van der Waals surface area contributed by atoms with Gasteiger partial charge in [0.1, 0.15) is 5.69 Å². The highest BCUT2D eigenvalue weighted by Crippen LogP contribution is 2.19. The quantitative estimate of drug-likeness (QED) is 0.843. The summed E-state index contributed by atoms with van der Waals surface area (Å²) in [6, 6.07) is 5.43. The Morgan fingerprint density at radius 1 is 1.29 bits per heavy atom. The van der Waals surface area contributed by atoms with E-state index in [9.17, 15) is 4.79 Å². The average molecular weight is 252 g/mol. The molecule has 90 valence electrons. The SMILES string of the molecule is Cc1ccc(Cl)cc1-n1c(=O)c(N)c(C)n1C. The number of halogens is 1. The second-order valence-electron chi connectivity index (χ2n) is 4.07. The lowest BCUT2D eigenvalue weighted by Gasteiger charge is -2.11. The van der Waals surface area contributed by atoms with Crippen LogP contribution in [0.4, 0.5) is 5.69 Å². The first-order chi connectivity index (χ1) is 7.93. The highest BCUT2D eigenvalue weighted by molar-refractivity contribution is 6.30. The van der Waals surface area contributed by atoms with Crippen LogP contribution in [0.5, 0.6) is 0 Å². The third-order valence-corrected chi connectivity index (χ3v) is 3.23. The van der Waals surface area contributed by atoms with Gasteiger partial charge in [0, 0.05) is 12.1 Å². The lowest BCUT2D eigenvalue weighted by molar-refractivity contribution is 0.628. The monoisotopic (exact) mass is 251 g/mol. The summed E-state index contributed by atoms with van der Waals surface area (Å²) < 4.78 is 3.27. The minimum atomic E-state index is -0.213. The number of benzene rings is 1. The number of rotatable bonds is 1. The van der Waals surface area contributed by atoms with Crippen molar-refractivity contribution in [2.24, 2.45) is 7.05 Å². The zero-order chi connectivity index (χ0) is 12.7. The molecule has 0 aliphatic carbocycles. The fourth-order valence-corrected chi connectivity index (χ4v) is 1.98. The summed E-state index contributed by atoms with van der Waals surface area (Å²) in [7, 11) is 1.80. The van der Waals surface area contributed by atoms with Gasteiger partial charge in [-0.25, -0.2) is 4.68 Å². The Labute approximate surface area is 104 Å². The second-order valence-corrected chi connectivity index (χ2v) is 4.51. The van der Waals surface area contributed by atoms with E-state index in [1.807, 2.05) is 19.9 Å². The molecule has 4 nitrogen and oxygen atoms in total. The van der Waals surface area contributed by atoms with E-state index in [2.05, 4.69) is 0 Å². The van der Waals surface area contributed by atoms with Gasteiger partial charge in [0.05, 0.1) is 11.4 Å². The molecule has 2 rings (SSSR count). The molecule has 0 spiro atoms. The maximum atomic E-state index is 12.0. The van der Waals surface area contributed by atoms with Crippen LogP contribution < -0.4 is 11.3 Å². The molecule has 5 heteroatoms. The molecule has 0 aliphatic rings. The third kappa shape index (κ3) is 1.74. The number of anilines is 1. The predicted octanol–water partition coefficient (Wildman–Crippen LogP) is 2.03. The standard InChI is InChI=1S/C12H14ClN3O/c1-7-4-5-9(13)6-10(7)16-12(17)11(14)8(2)15(16)3/h4-6H,14H2,1-3H3. The molecule has 0 radical (unpaired) electrons. The van der Waals surface area contributed by atoms with Gasteiger partial charge in [-0.05, 0) is 31.5 Å². The van der Waals surface area contributed by atoms with Crippen LogP contribution in [0.3, 0.4) is 0 Å². The molecule has 0 aliphatic heterocycles. The first-order valence-electron chi connectivity index (χ1n) is 5.24. The van der Waals surface area contributed by atoms with Gasteiger partial charge in [0.25, 0.3) is 5.56 Å². The van der Waals surface area contributed by atoms with Crippen LogP contribution in [-0.4, -0.2) is 9.36 Å². The summed E-state index contributed by atoms with van der Waals surface area (Å²) >= 11 is 5.96. The van der Waals surface area contributed by atoms with Crippen molar-refractivity contribution >= 4 is 17.3 Å². The van der Waals surface area contributed by atoms with Crippen molar-refractivity contribution in [3.63, 3.8) is 0 Å². The van der Waals surface area contributed by atoms with E-state index in [1.165, 1.54) is 4.68 Å². The molecule has 0 amide bonds. The Morgan fingerprint density at radius 2 is 1.94 bits per heavy atom. The van der Waals surface area contributed by atoms with Crippen LogP contribution in [0.15, 0.2) is 23.0 Å². The molecular weight excluding hydrogens is 238 g/mol. The van der Waals surface area contributed by atoms with E-state index in [-0.39, 0.29) is 11.2 Å². The highest BCUT2D eigenvalue weighted by atomic mass is 35.5. The Balaban J connectivity index is 2.82. The number of nitrogens with zero attached hydrogens (tertiary/aromatic N) is 2. The topological polar surface area (TPSA) is 52.9 Å². The highest BCUT2D eigenvalue weighted by Gasteiger charge is 2.14. The van der Waals surface area contributed by atoms with Crippen LogP contribution in [0.25, 0.3) is 5.69 Å². The Bertz CT molecular complexity index is 640. The summed E-state index contributed by atoms with van der Waals surface area (Å²) in [4.78, 5) is 12.0. The smallest absolute Gasteiger partial charge is 0.294 e. The predicted molar refractivity (Wildman–Crippen MR) is 69.9 cm³/mol. The van der Waals surface area contributed by atoms with Crippen molar-refractivity contribution < 1.29 is 0 Å². The van der Waals surface area contributed by atoms with Gasteiger partial charge in [-0.1, -0.05) is 17.7 Å². The molecule has 1 heterocycles. The first kappa shape index (κ1) is 11.8. The lowest BCUT2D eigenvalue weighted by atomic mass is 10.2. The van der Waals surface area contributed by atoms with E-state index in [4.69, 9.17) is 17.3 Å². The van der Waals surface area contributed by atoms with E-state index in [1.54, 1.807) is 23.9 Å². The number of aromatic nitrogens is 2. The van der Waals surface area contributed by atoms with Crippen LogP contribution in [0, 0.1) is 13.8 Å². The van der Waals surface area contributed by atoms with Gasteiger partial charge >= 0.3 is 0 Å². The Kier molecular flexibility index (Phi) is 2.75. The maximum absolute atomic E-state index is 12.0. The molecule has 1 aromatic heterocycles. The van der Waals surface area contributed by atoms with Gasteiger partial charge in [-0.15, -0.1) is 0 Å². The molecular formula is C12H14ClN3O. The normalized spacial score (nSPS) is 10.8. The molecule has 0 fully saturated rings. The first-order valence-corrected chi connectivity index (χ1v) is 5.62. The van der Waals surface area contributed by atoms with E-state index >= 15 is 0 Å². The number of hydrogen-bond donors (Lipinski definition) is 1. The molecule has 0 saturated heterocycles. The van der Waals surface area contributed by atoms with Crippen molar-refractivity contribution in [1.82, 2.24) is 9.36 Å². The van der Waals surface area contributed by atoms with Gasteiger partial charge in [0.15, 0.2) is 0 Å². The average Bonchev–Trinajstić information content (AvgIpc) is 2.48. The Hall–Kier alpha value is -1.68. The minimum absolute atomic E-state index is 0.213. The zero-order valence-corrected chi connectivity index (χ0v) is 10.7. The third-order valence-electron chi connectivity index (χ3n) is 3.00. The summed E-state index contributed by atoms with van der Waals surface area (Å²) in [6.07, 6.45) is 0. The maximum Gasteiger partial charge on any atom is 0.294 e. The second kappa shape index (κ2) is 3.96. The molecule has 2 N–H and O–H groups in total. The van der Waals surface area contributed by atoms with Crippen LogP contribution in [-0.2, 0) is 7.05 Å². The molecule has 2 aromatic rings. The van der Waals surface area contributed by atoms with Crippen molar-refractivity contribution in [2.75, 3.05) is 5.73 Å². The molecule has 17 heavy (non-hydrogen) atoms. The minimum Gasteiger partial charge on any atom is -0.393 e. The number of nitrogens with two attached hydrogens (primary N) is 1. The van der Waals surface area contributed by atoms with E-state index < -0.39 is 0 Å². The van der Waals surface area contributed by atoms with Crippen molar-refractivity contribution in [1.29, 1.82) is 0 Å². The number of hydrogen-bond acceptors (Lipinski definition) is 2. The van der Waals surface area contributed by atoms with Crippen LogP contribution in [0.1, 0.15) is 11.3 Å². The van der Waals surface area contributed by atoms with Gasteiger partial charge in [0.2, 0.25) is 0 Å².